The molecule has 18 heavy (non-hydrogen) atoms. The van der Waals surface area contributed by atoms with Crippen LogP contribution in [0.4, 0.5) is 0 Å². The van der Waals surface area contributed by atoms with Gasteiger partial charge in [0.1, 0.15) is 0 Å². The number of carbonyl (C=O) groups is 1. The molecule has 1 aromatic carbocycles. The summed E-state index contributed by atoms with van der Waals surface area (Å²) in [4.78, 5) is 10.9. The number of benzene rings is 1. The van der Waals surface area contributed by atoms with Crippen LogP contribution in [-0.4, -0.2) is 31.4 Å². The van der Waals surface area contributed by atoms with Gasteiger partial charge < -0.3 is 14.4 Å². The predicted octanol–water partition coefficient (Wildman–Crippen LogP) is 1.81. The van der Waals surface area contributed by atoms with E-state index in [1.54, 1.807) is 6.07 Å². The zero-order valence-electron chi connectivity index (χ0n) is 10.3. The predicted molar refractivity (Wildman–Crippen MR) is 69.5 cm³/mol. The van der Waals surface area contributed by atoms with Crippen molar-refractivity contribution in [3.63, 3.8) is 0 Å². The smallest absolute Gasteiger partial charge is 0.478 e. The summed E-state index contributed by atoms with van der Waals surface area (Å²) in [6, 6.07) is 4.50. The molecule has 1 aliphatic heterocycles. The van der Waals surface area contributed by atoms with Crippen molar-refractivity contribution in [2.75, 3.05) is 13.2 Å². The van der Waals surface area contributed by atoms with Gasteiger partial charge in [0.05, 0.1) is 5.56 Å². The van der Waals surface area contributed by atoms with Gasteiger partial charge in [-0.2, -0.15) is 0 Å². The van der Waals surface area contributed by atoms with Gasteiger partial charge in [0.15, 0.2) is 0 Å². The van der Waals surface area contributed by atoms with Crippen molar-refractivity contribution < 1.29 is 19.2 Å². The van der Waals surface area contributed by atoms with Crippen LogP contribution in [0.5, 0.6) is 0 Å². The number of rotatable bonds is 2. The molecule has 1 aliphatic rings. The average Bonchev–Trinajstić information content (AvgIpc) is 2.30. The van der Waals surface area contributed by atoms with Crippen LogP contribution in [0.1, 0.15) is 24.2 Å². The Kier molecular flexibility index (Phi) is 3.66. The molecule has 0 radical (unpaired) electrons. The Morgan fingerprint density at radius 3 is 2.56 bits per heavy atom. The van der Waals surface area contributed by atoms with Gasteiger partial charge in [-0.1, -0.05) is 25.4 Å². The number of aromatic carboxylic acids is 1. The Morgan fingerprint density at radius 2 is 2.00 bits per heavy atom. The lowest BCUT2D eigenvalue weighted by molar-refractivity contribution is 0.0343. The number of hydrogen-bond acceptors (Lipinski definition) is 3. The molecule has 1 heterocycles. The van der Waals surface area contributed by atoms with Gasteiger partial charge in [0.2, 0.25) is 0 Å². The number of carboxylic acid groups (broad SMARTS) is 1. The van der Waals surface area contributed by atoms with E-state index in [1.807, 2.05) is 13.8 Å². The fourth-order valence-corrected chi connectivity index (χ4v) is 1.94. The van der Waals surface area contributed by atoms with Crippen LogP contribution in [0, 0.1) is 5.41 Å². The van der Waals surface area contributed by atoms with Crippen molar-refractivity contribution in [2.24, 2.45) is 5.41 Å². The summed E-state index contributed by atoms with van der Waals surface area (Å²) in [5.74, 6) is -0.996. The normalized spacial score (nSPS) is 18.7. The Hall–Kier alpha value is -1.04. The van der Waals surface area contributed by atoms with E-state index in [1.165, 1.54) is 12.1 Å². The highest BCUT2D eigenvalue weighted by Gasteiger charge is 2.34. The van der Waals surface area contributed by atoms with Gasteiger partial charge >= 0.3 is 13.1 Å². The third-order valence-corrected chi connectivity index (χ3v) is 3.09. The number of halogens is 1. The summed E-state index contributed by atoms with van der Waals surface area (Å²) in [6.45, 7) is 5.17. The van der Waals surface area contributed by atoms with Crippen LogP contribution in [0.15, 0.2) is 18.2 Å². The highest BCUT2D eigenvalue weighted by Crippen LogP contribution is 2.22. The van der Waals surface area contributed by atoms with Gasteiger partial charge in [-0.15, -0.1) is 0 Å². The summed E-state index contributed by atoms with van der Waals surface area (Å²) in [7, 11) is -0.593. The number of carboxylic acids is 1. The van der Waals surface area contributed by atoms with Crippen LogP contribution in [0.25, 0.3) is 0 Å². The first kappa shape index (κ1) is 13.4. The van der Waals surface area contributed by atoms with Gasteiger partial charge in [-0.25, -0.2) is 4.79 Å². The average molecular weight is 269 g/mol. The molecule has 0 bridgehead atoms. The maximum atomic E-state index is 10.9. The molecule has 0 spiro atoms. The second-order valence-corrected chi connectivity index (χ2v) is 5.57. The van der Waals surface area contributed by atoms with E-state index in [0.29, 0.717) is 23.7 Å². The molecule has 6 heteroatoms. The monoisotopic (exact) mass is 268 g/mol. The SMILES string of the molecule is CC1(C)COB(c2cc(C(=O)O)ccc2Cl)OC1. The van der Waals surface area contributed by atoms with Crippen molar-refractivity contribution in [3.8, 4) is 0 Å². The second kappa shape index (κ2) is 4.92. The first-order valence-corrected chi connectivity index (χ1v) is 6.03. The van der Waals surface area contributed by atoms with E-state index in [9.17, 15) is 4.79 Å². The van der Waals surface area contributed by atoms with Crippen molar-refractivity contribution >= 4 is 30.2 Å². The van der Waals surface area contributed by atoms with Crippen molar-refractivity contribution in [2.45, 2.75) is 13.8 Å². The minimum atomic E-state index is -0.996. The molecule has 0 aromatic heterocycles. The summed E-state index contributed by atoms with van der Waals surface area (Å²) in [5.41, 5.74) is 0.700. The van der Waals surface area contributed by atoms with E-state index < -0.39 is 13.1 Å². The molecule has 1 fully saturated rings. The molecular formula is C12H14BClO4. The minimum absolute atomic E-state index is 0.0343. The molecule has 0 saturated carbocycles. The number of hydrogen-bond donors (Lipinski definition) is 1. The first-order valence-electron chi connectivity index (χ1n) is 5.65. The maximum absolute atomic E-state index is 10.9. The van der Waals surface area contributed by atoms with Crippen molar-refractivity contribution in [1.82, 2.24) is 0 Å². The quantitative estimate of drug-likeness (QED) is 0.831. The summed E-state index contributed by atoms with van der Waals surface area (Å²) in [6.07, 6.45) is 0. The van der Waals surface area contributed by atoms with E-state index >= 15 is 0 Å². The molecule has 0 atom stereocenters. The van der Waals surface area contributed by atoms with Crippen LogP contribution in [-0.2, 0) is 9.31 Å². The molecule has 0 unspecified atom stereocenters. The van der Waals surface area contributed by atoms with Gasteiger partial charge in [-0.05, 0) is 18.2 Å². The van der Waals surface area contributed by atoms with Gasteiger partial charge in [-0.3, -0.25) is 0 Å². The molecule has 4 nitrogen and oxygen atoms in total. The summed E-state index contributed by atoms with van der Waals surface area (Å²) >= 11 is 6.05. The van der Waals surface area contributed by atoms with E-state index in [2.05, 4.69) is 0 Å². The van der Waals surface area contributed by atoms with Crippen LogP contribution in [0.2, 0.25) is 5.02 Å². The molecule has 1 N–H and O–H groups in total. The van der Waals surface area contributed by atoms with Crippen LogP contribution >= 0.6 is 11.6 Å². The molecule has 96 valence electrons. The highest BCUT2D eigenvalue weighted by molar-refractivity contribution is 6.65. The lowest BCUT2D eigenvalue weighted by Crippen LogP contribution is -2.47. The standard InChI is InChI=1S/C12H14BClO4/c1-12(2)6-17-13(18-7-12)9-5-8(11(15)16)3-4-10(9)14/h3-5H,6-7H2,1-2H3,(H,15,16). The molecule has 0 amide bonds. The van der Waals surface area contributed by atoms with Gasteiger partial charge in [0, 0.05) is 29.1 Å². The topological polar surface area (TPSA) is 55.8 Å². The Morgan fingerprint density at radius 1 is 1.39 bits per heavy atom. The Labute approximate surface area is 111 Å². The van der Waals surface area contributed by atoms with E-state index in [-0.39, 0.29) is 11.0 Å². The van der Waals surface area contributed by atoms with Crippen molar-refractivity contribution in [1.29, 1.82) is 0 Å². The first-order chi connectivity index (χ1) is 8.39. The lowest BCUT2D eigenvalue weighted by atomic mass is 9.75. The van der Waals surface area contributed by atoms with Crippen LogP contribution < -0.4 is 5.46 Å². The van der Waals surface area contributed by atoms with E-state index in [0.717, 1.165) is 0 Å². The Balaban J connectivity index is 2.23. The maximum Gasteiger partial charge on any atom is 0.495 e. The molecule has 1 aromatic rings. The fraction of sp³-hybridized carbons (Fsp3) is 0.417. The third-order valence-electron chi connectivity index (χ3n) is 2.75. The van der Waals surface area contributed by atoms with Gasteiger partial charge in [0.25, 0.3) is 0 Å². The summed E-state index contributed by atoms with van der Waals surface area (Å²) in [5, 5.41) is 9.41. The van der Waals surface area contributed by atoms with Crippen LogP contribution in [0.3, 0.4) is 0 Å². The second-order valence-electron chi connectivity index (χ2n) is 5.16. The molecule has 2 rings (SSSR count). The van der Waals surface area contributed by atoms with Crippen molar-refractivity contribution in [3.05, 3.63) is 28.8 Å². The highest BCUT2D eigenvalue weighted by atomic mass is 35.5. The van der Waals surface area contributed by atoms with E-state index in [4.69, 9.17) is 26.0 Å². The largest absolute Gasteiger partial charge is 0.495 e. The Bertz CT molecular complexity index is 465. The zero-order chi connectivity index (χ0) is 13.3. The molecule has 0 aliphatic carbocycles. The zero-order valence-corrected chi connectivity index (χ0v) is 11.0. The lowest BCUT2D eigenvalue weighted by Gasteiger charge is -2.33. The summed E-state index contributed by atoms with van der Waals surface area (Å²) < 4.78 is 11.2. The fourth-order valence-electron chi connectivity index (χ4n) is 1.73. The molecule has 1 saturated heterocycles. The third kappa shape index (κ3) is 2.86. The minimum Gasteiger partial charge on any atom is -0.478 e. The molecular weight excluding hydrogens is 254 g/mol.